The van der Waals surface area contributed by atoms with E-state index in [-0.39, 0.29) is 36.3 Å². The van der Waals surface area contributed by atoms with E-state index < -0.39 is 0 Å². The number of hydrogen-bond acceptors (Lipinski definition) is 5. The standard InChI is InChI=1S/C22H26N4O2S.2ClH/c1-25(11-12-26-15-24-17-4-2-3-5-18(17)26)21(27)19-14-16-6-13-28-22(20(16)29-19)7-9-23-10-8-22;;/h2-5,14-15,23H,6-13H2,1H3;2*1H. The molecule has 0 atom stereocenters. The summed E-state index contributed by atoms with van der Waals surface area (Å²) in [7, 11) is 1.89. The average molecular weight is 483 g/mol. The summed E-state index contributed by atoms with van der Waals surface area (Å²) in [4.78, 5) is 21.5. The number of amides is 1. The Labute approximate surface area is 198 Å². The molecule has 1 fully saturated rings. The lowest BCUT2D eigenvalue weighted by Gasteiger charge is -2.40. The van der Waals surface area contributed by atoms with Crippen LogP contribution in [0.3, 0.4) is 0 Å². The quantitative estimate of drug-likeness (QED) is 0.612. The highest BCUT2D eigenvalue weighted by Crippen LogP contribution is 2.44. The Morgan fingerprint density at radius 2 is 2.06 bits per heavy atom. The van der Waals surface area contributed by atoms with Gasteiger partial charge in [-0.3, -0.25) is 4.79 Å². The van der Waals surface area contributed by atoms with Gasteiger partial charge < -0.3 is 19.5 Å². The minimum absolute atomic E-state index is 0. The zero-order valence-electron chi connectivity index (χ0n) is 17.5. The molecular formula is C22H28Cl2N4O2S. The van der Waals surface area contributed by atoms with E-state index in [1.165, 1.54) is 10.4 Å². The third-order valence-electron chi connectivity index (χ3n) is 6.14. The van der Waals surface area contributed by atoms with E-state index in [2.05, 4.69) is 27.0 Å². The Balaban J connectivity index is 0.00000136. The van der Waals surface area contributed by atoms with Crippen LogP contribution in [0.25, 0.3) is 11.0 Å². The zero-order chi connectivity index (χ0) is 19.8. The average Bonchev–Trinajstić information content (AvgIpc) is 3.37. The lowest BCUT2D eigenvalue weighted by Crippen LogP contribution is -2.43. The Bertz CT molecular complexity index is 1050. The highest BCUT2D eigenvalue weighted by Gasteiger charge is 2.41. The van der Waals surface area contributed by atoms with E-state index in [4.69, 9.17) is 4.74 Å². The molecule has 9 heteroatoms. The fourth-order valence-electron chi connectivity index (χ4n) is 4.47. The molecular weight excluding hydrogens is 455 g/mol. The molecule has 31 heavy (non-hydrogen) atoms. The molecule has 1 spiro atoms. The van der Waals surface area contributed by atoms with Crippen molar-refractivity contribution in [2.45, 2.75) is 31.4 Å². The fourth-order valence-corrected chi connectivity index (χ4v) is 5.87. The van der Waals surface area contributed by atoms with Crippen LogP contribution in [0.1, 0.15) is 33.0 Å². The molecule has 6 nitrogen and oxygen atoms in total. The first-order chi connectivity index (χ1) is 14.2. The van der Waals surface area contributed by atoms with Gasteiger partial charge in [0.15, 0.2) is 0 Å². The predicted octanol–water partition coefficient (Wildman–Crippen LogP) is 3.87. The van der Waals surface area contributed by atoms with E-state index in [9.17, 15) is 4.79 Å². The Morgan fingerprint density at radius 1 is 1.29 bits per heavy atom. The van der Waals surface area contributed by atoms with Crippen molar-refractivity contribution in [3.63, 3.8) is 0 Å². The number of benzene rings is 1. The van der Waals surface area contributed by atoms with Crippen molar-refractivity contribution in [3.05, 3.63) is 52.0 Å². The molecule has 0 radical (unpaired) electrons. The second kappa shape index (κ2) is 9.88. The van der Waals surface area contributed by atoms with Crippen LogP contribution in [-0.2, 0) is 23.3 Å². The maximum atomic E-state index is 13.1. The zero-order valence-corrected chi connectivity index (χ0v) is 20.0. The van der Waals surface area contributed by atoms with Crippen LogP contribution in [0.15, 0.2) is 36.7 Å². The molecule has 1 aromatic carbocycles. The molecule has 1 saturated heterocycles. The van der Waals surface area contributed by atoms with Gasteiger partial charge in [0, 0.05) is 25.0 Å². The van der Waals surface area contributed by atoms with Crippen molar-refractivity contribution in [3.8, 4) is 0 Å². The molecule has 2 aliphatic rings. The number of carbonyl (C=O) groups is 1. The summed E-state index contributed by atoms with van der Waals surface area (Å²) in [6.07, 6.45) is 4.72. The second-order valence-electron chi connectivity index (χ2n) is 7.96. The van der Waals surface area contributed by atoms with E-state index in [0.717, 1.165) is 61.4 Å². The van der Waals surface area contributed by atoms with Crippen LogP contribution < -0.4 is 5.32 Å². The number of carbonyl (C=O) groups excluding carboxylic acids is 1. The summed E-state index contributed by atoms with van der Waals surface area (Å²) >= 11 is 1.64. The van der Waals surface area contributed by atoms with E-state index in [1.54, 1.807) is 11.3 Å². The van der Waals surface area contributed by atoms with Gasteiger partial charge in [-0.2, -0.15) is 0 Å². The largest absolute Gasteiger partial charge is 0.369 e. The number of likely N-dealkylation sites (N-methyl/N-ethyl adjacent to an activating group) is 1. The smallest absolute Gasteiger partial charge is 0.263 e. The van der Waals surface area contributed by atoms with Gasteiger partial charge >= 0.3 is 0 Å². The van der Waals surface area contributed by atoms with Crippen LogP contribution in [0.4, 0.5) is 0 Å². The number of aromatic nitrogens is 2. The Kier molecular flexibility index (Phi) is 7.65. The van der Waals surface area contributed by atoms with Gasteiger partial charge in [-0.15, -0.1) is 36.2 Å². The molecule has 0 bridgehead atoms. The normalized spacial score (nSPS) is 16.9. The van der Waals surface area contributed by atoms with E-state index >= 15 is 0 Å². The molecule has 168 valence electrons. The minimum atomic E-state index is -0.184. The first kappa shape index (κ1) is 24.0. The molecule has 1 N–H and O–H groups in total. The van der Waals surface area contributed by atoms with Crippen molar-refractivity contribution >= 4 is 53.1 Å². The molecule has 5 rings (SSSR count). The van der Waals surface area contributed by atoms with Gasteiger partial charge in [0.2, 0.25) is 0 Å². The SMILES string of the molecule is CN(CCn1cnc2ccccc21)C(=O)c1cc2c(s1)C1(CCNCC1)OCC2.Cl.Cl. The molecule has 0 saturated carbocycles. The van der Waals surface area contributed by atoms with Gasteiger partial charge in [0.05, 0.1) is 28.8 Å². The van der Waals surface area contributed by atoms with Crippen LogP contribution >= 0.6 is 36.2 Å². The maximum Gasteiger partial charge on any atom is 0.263 e. The molecule has 3 aromatic rings. The minimum Gasteiger partial charge on any atom is -0.369 e. The summed E-state index contributed by atoms with van der Waals surface area (Å²) in [6.45, 7) is 4.07. The summed E-state index contributed by atoms with van der Waals surface area (Å²) in [6, 6.07) is 10.2. The van der Waals surface area contributed by atoms with Gasteiger partial charge in [0.25, 0.3) is 5.91 Å². The first-order valence-electron chi connectivity index (χ1n) is 10.3. The van der Waals surface area contributed by atoms with Crippen molar-refractivity contribution in [2.75, 3.05) is 33.3 Å². The second-order valence-corrected chi connectivity index (χ2v) is 9.01. The molecule has 4 heterocycles. The number of para-hydroxylation sites is 2. The number of fused-ring (bicyclic) bond motifs is 3. The van der Waals surface area contributed by atoms with Crippen molar-refractivity contribution in [1.82, 2.24) is 19.8 Å². The van der Waals surface area contributed by atoms with Crippen LogP contribution in [0, 0.1) is 0 Å². The van der Waals surface area contributed by atoms with Crippen molar-refractivity contribution < 1.29 is 9.53 Å². The van der Waals surface area contributed by atoms with Gasteiger partial charge in [-0.1, -0.05) is 12.1 Å². The van der Waals surface area contributed by atoms with Crippen LogP contribution in [-0.4, -0.2) is 53.6 Å². The number of rotatable bonds is 4. The topological polar surface area (TPSA) is 59.4 Å². The lowest BCUT2D eigenvalue weighted by molar-refractivity contribution is -0.0771. The number of ether oxygens (including phenoxy) is 1. The molecule has 1 amide bonds. The Morgan fingerprint density at radius 3 is 2.87 bits per heavy atom. The number of hydrogen-bond donors (Lipinski definition) is 1. The number of thiophene rings is 1. The van der Waals surface area contributed by atoms with Crippen LogP contribution in [0.5, 0.6) is 0 Å². The Hall–Kier alpha value is -1.64. The third-order valence-corrected chi connectivity index (χ3v) is 7.50. The van der Waals surface area contributed by atoms with Crippen molar-refractivity contribution in [1.29, 1.82) is 0 Å². The number of piperidine rings is 1. The highest BCUT2D eigenvalue weighted by molar-refractivity contribution is 7.14. The summed E-state index contributed by atoms with van der Waals surface area (Å²) in [5.74, 6) is 0.0953. The highest BCUT2D eigenvalue weighted by atomic mass is 35.5. The predicted molar refractivity (Wildman–Crippen MR) is 129 cm³/mol. The van der Waals surface area contributed by atoms with Crippen LogP contribution in [0.2, 0.25) is 0 Å². The first-order valence-corrected chi connectivity index (χ1v) is 11.1. The van der Waals surface area contributed by atoms with Gasteiger partial charge in [-0.25, -0.2) is 4.98 Å². The number of imidazole rings is 1. The number of nitrogens with one attached hydrogen (secondary N) is 1. The van der Waals surface area contributed by atoms with Gasteiger partial charge in [0.1, 0.15) is 5.60 Å². The maximum absolute atomic E-state index is 13.1. The molecule has 0 aliphatic carbocycles. The fraction of sp³-hybridized carbons (Fsp3) is 0.455. The summed E-state index contributed by atoms with van der Waals surface area (Å²) in [5.41, 5.74) is 3.21. The molecule has 2 aliphatic heterocycles. The lowest BCUT2D eigenvalue weighted by atomic mass is 9.86. The van der Waals surface area contributed by atoms with E-state index in [0.29, 0.717) is 6.54 Å². The van der Waals surface area contributed by atoms with Crippen molar-refractivity contribution in [2.24, 2.45) is 0 Å². The summed E-state index contributed by atoms with van der Waals surface area (Å²) < 4.78 is 8.37. The van der Waals surface area contributed by atoms with Gasteiger partial charge in [-0.05, 0) is 56.1 Å². The molecule has 2 aromatic heterocycles. The third kappa shape index (κ3) is 4.47. The number of halogens is 2. The van der Waals surface area contributed by atoms with E-state index in [1.807, 2.05) is 36.5 Å². The monoisotopic (exact) mass is 482 g/mol. The number of nitrogens with zero attached hydrogens (tertiary/aromatic N) is 3. The summed E-state index contributed by atoms with van der Waals surface area (Å²) in [5, 5.41) is 3.42. The molecule has 0 unspecified atom stereocenters.